The highest BCUT2D eigenvalue weighted by atomic mass is 16.5. The second kappa shape index (κ2) is 10.2. The van der Waals surface area contributed by atoms with Crippen molar-refractivity contribution >= 4 is 11.9 Å². The maximum Gasteiger partial charge on any atom is 0.333 e. The maximum atomic E-state index is 12.2. The molecule has 26 heavy (non-hydrogen) atoms. The summed E-state index contributed by atoms with van der Waals surface area (Å²) in [6, 6.07) is 19.5. The molecule has 0 N–H and O–H groups in total. The topological polar surface area (TPSA) is 52.6 Å². The van der Waals surface area contributed by atoms with E-state index in [1.807, 2.05) is 60.7 Å². The van der Waals surface area contributed by atoms with Gasteiger partial charge < -0.3 is 9.47 Å². The van der Waals surface area contributed by atoms with E-state index in [0.717, 1.165) is 11.1 Å². The van der Waals surface area contributed by atoms with E-state index >= 15 is 0 Å². The number of methoxy groups -OCH3 is 2. The van der Waals surface area contributed by atoms with E-state index in [2.05, 4.69) is 0 Å². The average molecular weight is 352 g/mol. The second-order valence-corrected chi connectivity index (χ2v) is 6.03. The Morgan fingerprint density at radius 2 is 1.46 bits per heavy atom. The van der Waals surface area contributed by atoms with Gasteiger partial charge in [-0.25, -0.2) is 4.79 Å². The molecule has 2 aromatic carbocycles. The molecule has 0 saturated carbocycles. The van der Waals surface area contributed by atoms with E-state index in [-0.39, 0.29) is 17.9 Å². The molecule has 136 valence electrons. The number of hydrogen-bond acceptors (Lipinski definition) is 4. The van der Waals surface area contributed by atoms with Crippen LogP contribution in [0.4, 0.5) is 0 Å². The Bertz CT molecular complexity index is 735. The minimum atomic E-state index is -0.378. The molecule has 0 bridgehead atoms. The first-order valence-corrected chi connectivity index (χ1v) is 8.57. The quantitative estimate of drug-likeness (QED) is 0.536. The molecule has 1 atom stereocenters. The van der Waals surface area contributed by atoms with Gasteiger partial charge in [0.15, 0.2) is 0 Å². The van der Waals surface area contributed by atoms with Gasteiger partial charge in [-0.15, -0.1) is 0 Å². The van der Waals surface area contributed by atoms with Crippen LogP contribution < -0.4 is 0 Å². The van der Waals surface area contributed by atoms with Gasteiger partial charge in [-0.2, -0.15) is 0 Å². The van der Waals surface area contributed by atoms with E-state index < -0.39 is 0 Å². The molecule has 0 aliphatic heterocycles. The standard InChI is InChI=1S/C22H24O4/c1-25-21(23)19(15-17-9-5-3-6-10-17)13-14-20(22(24)26-2)16-18-11-7-4-8-12-18/h3-13,20H,14-16H2,1-2H3/b19-13+. The fourth-order valence-corrected chi connectivity index (χ4v) is 2.79. The predicted octanol–water partition coefficient (Wildman–Crippen LogP) is 3.75. The minimum absolute atomic E-state index is 0.283. The van der Waals surface area contributed by atoms with E-state index in [1.165, 1.54) is 14.2 Å². The first-order chi connectivity index (χ1) is 12.6. The minimum Gasteiger partial charge on any atom is -0.469 e. The monoisotopic (exact) mass is 352 g/mol. The van der Waals surface area contributed by atoms with E-state index in [0.29, 0.717) is 24.8 Å². The van der Waals surface area contributed by atoms with Gasteiger partial charge in [-0.05, 0) is 24.0 Å². The van der Waals surface area contributed by atoms with Crippen molar-refractivity contribution in [2.75, 3.05) is 14.2 Å². The molecule has 0 amide bonds. The van der Waals surface area contributed by atoms with Crippen LogP contribution in [0.5, 0.6) is 0 Å². The highest BCUT2D eigenvalue weighted by Crippen LogP contribution is 2.18. The van der Waals surface area contributed by atoms with E-state index in [4.69, 9.17) is 9.47 Å². The van der Waals surface area contributed by atoms with Crippen LogP contribution in [0.25, 0.3) is 0 Å². The van der Waals surface area contributed by atoms with Gasteiger partial charge in [0.2, 0.25) is 0 Å². The third kappa shape index (κ3) is 5.88. The third-order valence-electron chi connectivity index (χ3n) is 4.19. The number of carbonyl (C=O) groups excluding carboxylic acids is 2. The number of rotatable bonds is 8. The van der Waals surface area contributed by atoms with Crippen molar-refractivity contribution < 1.29 is 19.1 Å². The van der Waals surface area contributed by atoms with Gasteiger partial charge in [-0.1, -0.05) is 66.7 Å². The summed E-state index contributed by atoms with van der Waals surface area (Å²) in [7, 11) is 2.75. The van der Waals surface area contributed by atoms with Crippen molar-refractivity contribution in [3.05, 3.63) is 83.4 Å². The Morgan fingerprint density at radius 1 is 0.885 bits per heavy atom. The van der Waals surface area contributed by atoms with Gasteiger partial charge >= 0.3 is 11.9 Å². The first kappa shape index (κ1) is 19.4. The average Bonchev–Trinajstić information content (AvgIpc) is 2.70. The molecular weight excluding hydrogens is 328 g/mol. The molecule has 2 rings (SSSR count). The van der Waals surface area contributed by atoms with Crippen molar-refractivity contribution in [1.82, 2.24) is 0 Å². The summed E-state index contributed by atoms with van der Waals surface area (Å²) in [4.78, 5) is 24.3. The molecule has 2 aromatic rings. The lowest BCUT2D eigenvalue weighted by Gasteiger charge is -2.14. The van der Waals surface area contributed by atoms with Crippen LogP contribution in [-0.2, 0) is 31.9 Å². The molecule has 0 saturated heterocycles. The molecule has 0 heterocycles. The van der Waals surface area contributed by atoms with Gasteiger partial charge in [0.1, 0.15) is 0 Å². The van der Waals surface area contributed by atoms with E-state index in [9.17, 15) is 9.59 Å². The zero-order chi connectivity index (χ0) is 18.8. The molecule has 0 fully saturated rings. The lowest BCUT2D eigenvalue weighted by Crippen LogP contribution is -2.19. The molecule has 0 spiro atoms. The number of ether oxygens (including phenoxy) is 2. The highest BCUT2D eigenvalue weighted by molar-refractivity contribution is 5.89. The number of allylic oxidation sites excluding steroid dienone is 1. The van der Waals surface area contributed by atoms with Crippen LogP contribution >= 0.6 is 0 Å². The van der Waals surface area contributed by atoms with Crippen molar-refractivity contribution in [3.8, 4) is 0 Å². The summed E-state index contributed by atoms with van der Waals surface area (Å²) in [5.74, 6) is -1.01. The van der Waals surface area contributed by atoms with Gasteiger partial charge in [0, 0.05) is 12.0 Å². The molecule has 1 unspecified atom stereocenters. The van der Waals surface area contributed by atoms with E-state index in [1.54, 1.807) is 6.08 Å². The summed E-state index contributed by atoms with van der Waals surface area (Å²) in [5.41, 5.74) is 2.61. The first-order valence-electron chi connectivity index (χ1n) is 8.57. The van der Waals surface area contributed by atoms with Crippen molar-refractivity contribution in [2.24, 2.45) is 5.92 Å². The SMILES string of the molecule is COC(=O)/C(=C/CC(Cc1ccccc1)C(=O)OC)Cc1ccccc1. The Hall–Kier alpha value is -2.88. The van der Waals surface area contributed by atoms with Crippen molar-refractivity contribution in [1.29, 1.82) is 0 Å². The highest BCUT2D eigenvalue weighted by Gasteiger charge is 2.20. The third-order valence-corrected chi connectivity index (χ3v) is 4.19. The summed E-state index contributed by atoms with van der Waals surface area (Å²) in [6.45, 7) is 0. The van der Waals surface area contributed by atoms with Gasteiger partial charge in [0.05, 0.1) is 20.1 Å². The molecule has 0 aromatic heterocycles. The van der Waals surface area contributed by atoms with Gasteiger partial charge in [-0.3, -0.25) is 4.79 Å². The molecule has 4 nitrogen and oxygen atoms in total. The Kier molecular flexibility index (Phi) is 7.62. The molecule has 0 aliphatic carbocycles. The van der Waals surface area contributed by atoms with Crippen molar-refractivity contribution in [3.63, 3.8) is 0 Å². The second-order valence-electron chi connectivity index (χ2n) is 6.03. The maximum absolute atomic E-state index is 12.2. The van der Waals surface area contributed by atoms with Crippen LogP contribution in [0, 0.1) is 5.92 Å². The van der Waals surface area contributed by atoms with Crippen LogP contribution in [0.3, 0.4) is 0 Å². The summed E-state index contributed by atoms with van der Waals surface area (Å²) >= 11 is 0. The van der Waals surface area contributed by atoms with Crippen LogP contribution in [-0.4, -0.2) is 26.2 Å². The molecule has 0 radical (unpaired) electrons. The zero-order valence-electron chi connectivity index (χ0n) is 15.2. The summed E-state index contributed by atoms with van der Waals surface area (Å²) < 4.78 is 9.84. The Balaban J connectivity index is 2.16. The molecule has 0 aliphatic rings. The molecular formula is C22H24O4. The summed E-state index contributed by atoms with van der Waals surface area (Å²) in [5, 5.41) is 0. The van der Waals surface area contributed by atoms with Crippen LogP contribution in [0.1, 0.15) is 17.5 Å². The van der Waals surface area contributed by atoms with Crippen LogP contribution in [0.2, 0.25) is 0 Å². The van der Waals surface area contributed by atoms with Gasteiger partial charge in [0.25, 0.3) is 0 Å². The van der Waals surface area contributed by atoms with Crippen LogP contribution in [0.15, 0.2) is 72.3 Å². The predicted molar refractivity (Wildman–Crippen MR) is 101 cm³/mol. The number of hydrogen-bond donors (Lipinski definition) is 0. The number of benzene rings is 2. The number of esters is 2. The Labute approximate surface area is 154 Å². The normalized spacial score (nSPS) is 12.3. The zero-order valence-corrected chi connectivity index (χ0v) is 15.2. The molecule has 4 heteroatoms. The largest absolute Gasteiger partial charge is 0.469 e. The lowest BCUT2D eigenvalue weighted by molar-refractivity contribution is -0.145. The smallest absolute Gasteiger partial charge is 0.333 e. The number of carbonyl (C=O) groups is 2. The fourth-order valence-electron chi connectivity index (χ4n) is 2.79. The fraction of sp³-hybridized carbons (Fsp3) is 0.273. The lowest BCUT2D eigenvalue weighted by atomic mass is 9.94. The summed E-state index contributed by atoms with van der Waals surface area (Å²) in [6.07, 6.45) is 3.23. The Morgan fingerprint density at radius 3 is 2.00 bits per heavy atom. The van der Waals surface area contributed by atoms with Crippen molar-refractivity contribution in [2.45, 2.75) is 19.3 Å².